The van der Waals surface area contributed by atoms with Crippen molar-refractivity contribution < 1.29 is 15.0 Å². The van der Waals surface area contributed by atoms with Crippen molar-refractivity contribution in [2.45, 2.75) is 148 Å². The Balaban J connectivity index is 3.65. The number of rotatable bonds is 23. The third-order valence-corrected chi connectivity index (χ3v) is 6.03. The van der Waals surface area contributed by atoms with Crippen LogP contribution in [0.4, 0.5) is 0 Å². The number of aliphatic hydroxyl groups excluding tert-OH is 2. The van der Waals surface area contributed by atoms with Crippen LogP contribution in [0.1, 0.15) is 136 Å². The molecule has 0 fully saturated rings. The molecule has 0 aromatic carbocycles. The minimum Gasteiger partial charge on any atom is -0.394 e. The van der Waals surface area contributed by atoms with Crippen LogP contribution in [0.3, 0.4) is 0 Å². The second-order valence-corrected chi connectivity index (χ2v) is 9.11. The minimum atomic E-state index is -0.653. The van der Waals surface area contributed by atoms with E-state index in [2.05, 4.69) is 31.3 Å². The summed E-state index contributed by atoms with van der Waals surface area (Å²) in [5, 5.41) is 22.7. The van der Waals surface area contributed by atoms with Gasteiger partial charge in [0.2, 0.25) is 5.91 Å². The number of amides is 1. The van der Waals surface area contributed by atoms with Gasteiger partial charge in [0, 0.05) is 6.42 Å². The molecule has 0 aliphatic carbocycles. The van der Waals surface area contributed by atoms with Crippen molar-refractivity contribution in [3.05, 3.63) is 12.2 Å². The number of aliphatic hydroxyl groups is 2. The van der Waals surface area contributed by atoms with E-state index in [4.69, 9.17) is 0 Å². The molecule has 0 bridgehead atoms. The van der Waals surface area contributed by atoms with E-state index < -0.39 is 12.1 Å². The van der Waals surface area contributed by atoms with E-state index in [0.29, 0.717) is 12.8 Å². The van der Waals surface area contributed by atoms with Gasteiger partial charge in [0.1, 0.15) is 0 Å². The van der Waals surface area contributed by atoms with Crippen molar-refractivity contribution in [3.63, 3.8) is 0 Å². The predicted octanol–water partition coefficient (Wildman–Crippen LogP) is 6.83. The van der Waals surface area contributed by atoms with Crippen LogP contribution in [0.5, 0.6) is 0 Å². The first-order valence-electron chi connectivity index (χ1n) is 13.4. The van der Waals surface area contributed by atoms with Gasteiger partial charge >= 0.3 is 0 Å². The summed E-state index contributed by atoms with van der Waals surface area (Å²) in [6.45, 7) is 4.25. The second kappa shape index (κ2) is 23.8. The zero-order chi connectivity index (χ0) is 23.0. The van der Waals surface area contributed by atoms with E-state index in [1.54, 1.807) is 0 Å². The molecule has 4 heteroatoms. The maximum atomic E-state index is 12.1. The fourth-order valence-electron chi connectivity index (χ4n) is 3.88. The van der Waals surface area contributed by atoms with Crippen LogP contribution in [-0.4, -0.2) is 34.9 Å². The molecular weight excluding hydrogens is 386 g/mol. The Bertz CT molecular complexity index is 411. The fraction of sp³-hybridized carbons (Fsp3) is 0.889. The molecule has 0 saturated heterocycles. The smallest absolute Gasteiger partial charge is 0.220 e. The zero-order valence-electron chi connectivity index (χ0n) is 20.8. The Labute approximate surface area is 193 Å². The van der Waals surface area contributed by atoms with Crippen LogP contribution in [0.25, 0.3) is 0 Å². The van der Waals surface area contributed by atoms with Crippen molar-refractivity contribution in [2.24, 2.45) is 0 Å². The Morgan fingerprint density at radius 1 is 0.742 bits per heavy atom. The highest BCUT2D eigenvalue weighted by Crippen LogP contribution is 2.12. The van der Waals surface area contributed by atoms with Crippen molar-refractivity contribution in [2.75, 3.05) is 6.61 Å². The molecular formula is C27H53NO3. The molecule has 0 aliphatic heterocycles. The van der Waals surface area contributed by atoms with E-state index in [9.17, 15) is 15.0 Å². The van der Waals surface area contributed by atoms with E-state index in [0.717, 1.165) is 25.7 Å². The molecule has 1 amide bonds. The van der Waals surface area contributed by atoms with Crippen LogP contribution < -0.4 is 5.32 Å². The first-order chi connectivity index (χ1) is 15.2. The monoisotopic (exact) mass is 439 g/mol. The fourth-order valence-corrected chi connectivity index (χ4v) is 3.88. The first kappa shape index (κ1) is 30.1. The van der Waals surface area contributed by atoms with Gasteiger partial charge in [-0.3, -0.25) is 4.79 Å². The highest BCUT2D eigenvalue weighted by atomic mass is 16.3. The van der Waals surface area contributed by atoms with Gasteiger partial charge in [0.15, 0.2) is 0 Å². The quantitative estimate of drug-likeness (QED) is 0.121. The first-order valence-corrected chi connectivity index (χ1v) is 13.4. The van der Waals surface area contributed by atoms with Gasteiger partial charge in [0.05, 0.1) is 18.8 Å². The summed E-state index contributed by atoms with van der Waals surface area (Å²) in [5.74, 6) is -0.0484. The number of hydrogen-bond donors (Lipinski definition) is 3. The maximum absolute atomic E-state index is 12.1. The summed E-state index contributed by atoms with van der Waals surface area (Å²) < 4.78 is 0. The Hall–Kier alpha value is -0.870. The largest absolute Gasteiger partial charge is 0.394 e. The maximum Gasteiger partial charge on any atom is 0.220 e. The molecule has 3 N–H and O–H groups in total. The Morgan fingerprint density at radius 3 is 1.84 bits per heavy atom. The molecule has 0 spiro atoms. The van der Waals surface area contributed by atoms with Gasteiger partial charge in [-0.15, -0.1) is 0 Å². The standard InChI is InChI=1S/C27H53NO3/c1-3-5-7-9-11-12-13-14-15-17-19-21-23-27(31)28-25(24-29)26(30)22-20-18-16-10-8-6-4-2/h11-12,25-26,29-30H,3-10,13-24H2,1-2H3,(H,28,31)/b12-11-. The van der Waals surface area contributed by atoms with E-state index >= 15 is 0 Å². The average molecular weight is 440 g/mol. The average Bonchev–Trinajstić information content (AvgIpc) is 2.77. The van der Waals surface area contributed by atoms with Gasteiger partial charge in [-0.05, 0) is 38.5 Å². The number of allylic oxidation sites excluding steroid dienone is 2. The van der Waals surface area contributed by atoms with E-state index in [-0.39, 0.29) is 12.5 Å². The highest BCUT2D eigenvalue weighted by Gasteiger charge is 2.19. The Morgan fingerprint density at radius 2 is 1.23 bits per heavy atom. The van der Waals surface area contributed by atoms with Gasteiger partial charge < -0.3 is 15.5 Å². The summed E-state index contributed by atoms with van der Waals surface area (Å²) in [5.41, 5.74) is 0. The molecule has 2 atom stereocenters. The zero-order valence-corrected chi connectivity index (χ0v) is 20.8. The summed E-state index contributed by atoms with van der Waals surface area (Å²) in [4.78, 5) is 12.1. The molecule has 0 saturated carbocycles. The summed E-state index contributed by atoms with van der Waals surface area (Å²) in [6, 6.07) is -0.531. The van der Waals surface area contributed by atoms with E-state index in [1.165, 1.54) is 83.5 Å². The lowest BCUT2D eigenvalue weighted by Crippen LogP contribution is -2.45. The molecule has 0 radical (unpaired) electrons. The minimum absolute atomic E-state index is 0.0484. The summed E-state index contributed by atoms with van der Waals surface area (Å²) in [7, 11) is 0. The predicted molar refractivity (Wildman–Crippen MR) is 133 cm³/mol. The number of carbonyl (C=O) groups excluding carboxylic acids is 1. The third-order valence-electron chi connectivity index (χ3n) is 6.03. The normalized spacial score (nSPS) is 13.5. The molecule has 0 aromatic rings. The number of carbonyl (C=O) groups is 1. The third kappa shape index (κ3) is 20.8. The molecule has 4 nitrogen and oxygen atoms in total. The molecule has 2 unspecified atom stereocenters. The highest BCUT2D eigenvalue weighted by molar-refractivity contribution is 5.76. The molecule has 31 heavy (non-hydrogen) atoms. The SMILES string of the molecule is CCCCC/C=C\CCCCCCCC(=O)NC(CO)C(O)CCCCCCCCC. The molecule has 0 rings (SSSR count). The van der Waals surface area contributed by atoms with E-state index in [1.807, 2.05) is 0 Å². The van der Waals surface area contributed by atoms with Crippen molar-refractivity contribution >= 4 is 5.91 Å². The second-order valence-electron chi connectivity index (χ2n) is 9.11. The van der Waals surface area contributed by atoms with Crippen molar-refractivity contribution in [1.82, 2.24) is 5.32 Å². The molecule has 0 aliphatic rings. The lowest BCUT2D eigenvalue weighted by Gasteiger charge is -2.22. The lowest BCUT2D eigenvalue weighted by molar-refractivity contribution is -0.123. The van der Waals surface area contributed by atoms with Crippen LogP contribution >= 0.6 is 0 Å². The number of hydrogen-bond acceptors (Lipinski definition) is 3. The lowest BCUT2D eigenvalue weighted by atomic mass is 10.0. The van der Waals surface area contributed by atoms with Crippen LogP contribution in [0, 0.1) is 0 Å². The van der Waals surface area contributed by atoms with Crippen LogP contribution in [-0.2, 0) is 4.79 Å². The summed E-state index contributed by atoms with van der Waals surface area (Å²) >= 11 is 0. The summed E-state index contributed by atoms with van der Waals surface area (Å²) in [6.07, 6.45) is 25.4. The van der Waals surface area contributed by atoms with Gasteiger partial charge in [-0.2, -0.15) is 0 Å². The number of nitrogens with one attached hydrogen (secondary N) is 1. The molecule has 0 aromatic heterocycles. The number of unbranched alkanes of at least 4 members (excludes halogenated alkanes) is 14. The molecule has 184 valence electrons. The molecule has 0 heterocycles. The van der Waals surface area contributed by atoms with Crippen LogP contribution in [0.2, 0.25) is 0 Å². The van der Waals surface area contributed by atoms with Crippen LogP contribution in [0.15, 0.2) is 12.2 Å². The Kier molecular flexibility index (Phi) is 23.1. The van der Waals surface area contributed by atoms with Gasteiger partial charge in [-0.1, -0.05) is 103 Å². The van der Waals surface area contributed by atoms with Crippen molar-refractivity contribution in [1.29, 1.82) is 0 Å². The van der Waals surface area contributed by atoms with Gasteiger partial charge in [0.25, 0.3) is 0 Å². The van der Waals surface area contributed by atoms with Crippen molar-refractivity contribution in [3.8, 4) is 0 Å². The topological polar surface area (TPSA) is 69.6 Å². The van der Waals surface area contributed by atoms with Gasteiger partial charge in [-0.25, -0.2) is 0 Å².